The summed E-state index contributed by atoms with van der Waals surface area (Å²) in [5, 5.41) is 12.9. The summed E-state index contributed by atoms with van der Waals surface area (Å²) in [6.45, 7) is 3.53. The number of carbonyl (C=O) groups excluding carboxylic acids is 1. The van der Waals surface area contributed by atoms with Gasteiger partial charge in [0.15, 0.2) is 5.65 Å². The Morgan fingerprint density at radius 2 is 2.04 bits per heavy atom. The van der Waals surface area contributed by atoms with Gasteiger partial charge in [-0.1, -0.05) is 13.0 Å². The minimum absolute atomic E-state index is 0.163. The lowest BCUT2D eigenvalue weighted by Gasteiger charge is -2.33. The van der Waals surface area contributed by atoms with E-state index >= 15 is 0 Å². The predicted octanol–water partition coefficient (Wildman–Crippen LogP) is 2.28. The third-order valence-corrected chi connectivity index (χ3v) is 5.03. The molecule has 1 fully saturated rings. The Bertz CT molecular complexity index is 847. The number of aromatic nitrogens is 5. The number of amides is 1. The van der Waals surface area contributed by atoms with Crippen molar-refractivity contribution in [3.63, 3.8) is 0 Å². The van der Waals surface area contributed by atoms with Gasteiger partial charge >= 0.3 is 0 Å². The maximum absolute atomic E-state index is 12.9. The molecule has 0 radical (unpaired) electrons. The van der Waals surface area contributed by atoms with Crippen molar-refractivity contribution in [2.45, 2.75) is 38.1 Å². The standard InChI is InChI=1S/C18H22N6O/c1-2-15(24-11-5-9-19-24)18(25)22-12-7-14(8-13-22)17-21-20-16-6-3-4-10-23(16)17/h3-6,9-11,14-15H,2,7-8,12-13H2,1H3. The van der Waals surface area contributed by atoms with Crippen LogP contribution in [-0.4, -0.2) is 48.3 Å². The highest BCUT2D eigenvalue weighted by molar-refractivity contribution is 5.80. The smallest absolute Gasteiger partial charge is 0.247 e. The van der Waals surface area contributed by atoms with Crippen LogP contribution in [0.4, 0.5) is 0 Å². The summed E-state index contributed by atoms with van der Waals surface area (Å²) >= 11 is 0. The van der Waals surface area contributed by atoms with Crippen molar-refractivity contribution < 1.29 is 4.79 Å². The number of nitrogens with zero attached hydrogens (tertiary/aromatic N) is 6. The minimum atomic E-state index is -0.208. The average Bonchev–Trinajstić information content (AvgIpc) is 3.32. The van der Waals surface area contributed by atoms with Gasteiger partial charge in [-0.15, -0.1) is 10.2 Å². The second-order valence-electron chi connectivity index (χ2n) is 6.50. The van der Waals surface area contributed by atoms with E-state index < -0.39 is 0 Å². The van der Waals surface area contributed by atoms with Gasteiger partial charge in [-0.2, -0.15) is 5.10 Å². The van der Waals surface area contributed by atoms with E-state index in [1.807, 2.05) is 48.5 Å². The summed E-state index contributed by atoms with van der Waals surface area (Å²) < 4.78 is 3.82. The van der Waals surface area contributed by atoms with Crippen molar-refractivity contribution >= 4 is 11.6 Å². The summed E-state index contributed by atoms with van der Waals surface area (Å²) in [5.74, 6) is 1.50. The molecule has 4 rings (SSSR count). The van der Waals surface area contributed by atoms with Crippen LogP contribution >= 0.6 is 0 Å². The number of likely N-dealkylation sites (tertiary alicyclic amines) is 1. The summed E-state index contributed by atoms with van der Waals surface area (Å²) in [6, 6.07) is 7.58. The van der Waals surface area contributed by atoms with Crippen molar-refractivity contribution in [3.05, 3.63) is 48.7 Å². The van der Waals surface area contributed by atoms with Crippen molar-refractivity contribution in [2.24, 2.45) is 0 Å². The summed E-state index contributed by atoms with van der Waals surface area (Å²) in [7, 11) is 0. The van der Waals surface area contributed by atoms with Crippen molar-refractivity contribution in [2.75, 3.05) is 13.1 Å². The van der Waals surface area contributed by atoms with E-state index in [0.717, 1.165) is 43.8 Å². The normalized spacial score (nSPS) is 17.1. The van der Waals surface area contributed by atoms with Crippen LogP contribution in [0.15, 0.2) is 42.9 Å². The maximum atomic E-state index is 12.9. The maximum Gasteiger partial charge on any atom is 0.247 e. The molecular formula is C18H22N6O. The van der Waals surface area contributed by atoms with Crippen LogP contribution in [0.3, 0.4) is 0 Å². The number of hydrogen-bond donors (Lipinski definition) is 0. The highest BCUT2D eigenvalue weighted by Crippen LogP contribution is 2.28. The van der Waals surface area contributed by atoms with Crippen molar-refractivity contribution in [3.8, 4) is 0 Å². The molecule has 0 N–H and O–H groups in total. The SMILES string of the molecule is CCC(C(=O)N1CCC(c2nnc3ccccn23)CC1)n1cccn1. The predicted molar refractivity (Wildman–Crippen MR) is 93.1 cm³/mol. The molecule has 0 bridgehead atoms. The third-order valence-electron chi connectivity index (χ3n) is 5.03. The Morgan fingerprint density at radius 3 is 2.76 bits per heavy atom. The fourth-order valence-corrected chi connectivity index (χ4v) is 3.65. The molecule has 1 unspecified atom stereocenters. The minimum Gasteiger partial charge on any atom is -0.341 e. The molecule has 4 heterocycles. The lowest BCUT2D eigenvalue weighted by Crippen LogP contribution is -2.42. The molecule has 0 spiro atoms. The Balaban J connectivity index is 1.45. The molecule has 0 saturated carbocycles. The zero-order valence-electron chi connectivity index (χ0n) is 14.3. The highest BCUT2D eigenvalue weighted by Gasteiger charge is 2.30. The van der Waals surface area contributed by atoms with Crippen LogP contribution < -0.4 is 0 Å². The average molecular weight is 338 g/mol. The molecule has 7 heteroatoms. The van der Waals surface area contributed by atoms with Crippen LogP contribution in [0, 0.1) is 0 Å². The molecule has 1 atom stereocenters. The zero-order valence-corrected chi connectivity index (χ0v) is 14.3. The van der Waals surface area contributed by atoms with E-state index in [1.165, 1.54) is 0 Å². The molecule has 1 saturated heterocycles. The summed E-state index contributed by atoms with van der Waals surface area (Å²) in [5.41, 5.74) is 0.876. The molecule has 0 aromatic carbocycles. The summed E-state index contributed by atoms with van der Waals surface area (Å²) in [6.07, 6.45) is 8.16. The lowest BCUT2D eigenvalue weighted by atomic mass is 9.95. The molecule has 7 nitrogen and oxygen atoms in total. The van der Waals surface area contributed by atoms with Gasteiger partial charge in [0, 0.05) is 37.6 Å². The highest BCUT2D eigenvalue weighted by atomic mass is 16.2. The number of pyridine rings is 1. The fourth-order valence-electron chi connectivity index (χ4n) is 3.65. The Hall–Kier alpha value is -2.70. The van der Waals surface area contributed by atoms with E-state index in [4.69, 9.17) is 0 Å². The van der Waals surface area contributed by atoms with Gasteiger partial charge in [0.2, 0.25) is 5.91 Å². The van der Waals surface area contributed by atoms with Gasteiger partial charge in [0.25, 0.3) is 0 Å². The topological polar surface area (TPSA) is 68.3 Å². The second-order valence-corrected chi connectivity index (χ2v) is 6.50. The monoisotopic (exact) mass is 338 g/mol. The van der Waals surface area contributed by atoms with E-state index in [-0.39, 0.29) is 11.9 Å². The molecule has 3 aromatic heterocycles. The first-order valence-electron chi connectivity index (χ1n) is 8.85. The molecule has 1 amide bonds. The van der Waals surface area contributed by atoms with Crippen LogP contribution in [0.25, 0.3) is 5.65 Å². The van der Waals surface area contributed by atoms with Crippen LogP contribution in [-0.2, 0) is 4.79 Å². The molecular weight excluding hydrogens is 316 g/mol. The Morgan fingerprint density at radius 1 is 1.20 bits per heavy atom. The number of piperidine rings is 1. The van der Waals surface area contributed by atoms with Gasteiger partial charge < -0.3 is 4.90 Å². The van der Waals surface area contributed by atoms with Gasteiger partial charge in [-0.25, -0.2) is 0 Å². The Kier molecular flexibility index (Phi) is 4.21. The van der Waals surface area contributed by atoms with Gasteiger partial charge in [-0.3, -0.25) is 13.9 Å². The number of rotatable bonds is 4. The van der Waals surface area contributed by atoms with Crippen LogP contribution in [0.1, 0.15) is 44.0 Å². The van der Waals surface area contributed by atoms with Gasteiger partial charge in [0.05, 0.1) is 0 Å². The second kappa shape index (κ2) is 6.66. The van der Waals surface area contributed by atoms with E-state index in [0.29, 0.717) is 5.92 Å². The number of hydrogen-bond acceptors (Lipinski definition) is 4. The molecule has 3 aromatic rings. The van der Waals surface area contributed by atoms with E-state index in [1.54, 1.807) is 10.9 Å². The zero-order chi connectivity index (χ0) is 17.2. The number of carbonyl (C=O) groups is 1. The van der Waals surface area contributed by atoms with Crippen molar-refractivity contribution in [1.82, 2.24) is 29.3 Å². The number of fused-ring (bicyclic) bond motifs is 1. The molecule has 0 aliphatic carbocycles. The first kappa shape index (κ1) is 15.8. The molecule has 1 aliphatic rings. The first-order chi connectivity index (χ1) is 12.3. The van der Waals surface area contributed by atoms with Crippen LogP contribution in [0.5, 0.6) is 0 Å². The molecule has 130 valence electrons. The van der Waals surface area contributed by atoms with Crippen molar-refractivity contribution in [1.29, 1.82) is 0 Å². The first-order valence-corrected chi connectivity index (χ1v) is 8.85. The third kappa shape index (κ3) is 2.90. The van der Waals surface area contributed by atoms with E-state index in [9.17, 15) is 4.79 Å². The quantitative estimate of drug-likeness (QED) is 0.732. The summed E-state index contributed by atoms with van der Waals surface area (Å²) in [4.78, 5) is 14.8. The molecule has 25 heavy (non-hydrogen) atoms. The van der Waals surface area contributed by atoms with Crippen LogP contribution in [0.2, 0.25) is 0 Å². The van der Waals surface area contributed by atoms with E-state index in [2.05, 4.69) is 19.7 Å². The fraction of sp³-hybridized carbons (Fsp3) is 0.444. The van der Waals surface area contributed by atoms with Gasteiger partial charge in [-0.05, 0) is 37.5 Å². The molecule has 1 aliphatic heterocycles. The Labute approximate surface area is 146 Å². The lowest BCUT2D eigenvalue weighted by molar-refractivity contribution is -0.136. The van der Waals surface area contributed by atoms with Gasteiger partial charge in [0.1, 0.15) is 11.9 Å². The largest absolute Gasteiger partial charge is 0.341 e.